The highest BCUT2D eigenvalue weighted by molar-refractivity contribution is 6.30. The Morgan fingerprint density at radius 2 is 1.94 bits per heavy atom. The summed E-state index contributed by atoms with van der Waals surface area (Å²) in [6.07, 6.45) is 2.70. The van der Waals surface area contributed by atoms with Crippen LogP contribution in [0.1, 0.15) is 17.2 Å². The number of morpholine rings is 1. The van der Waals surface area contributed by atoms with Gasteiger partial charge in [-0.15, -0.1) is 0 Å². The maximum atomic E-state index is 12.8. The molecule has 1 N–H and O–H groups in total. The molecule has 0 saturated carbocycles. The molecular weight excluding hydrogens is 442 g/mol. The van der Waals surface area contributed by atoms with E-state index in [-0.39, 0.29) is 23.4 Å². The zero-order valence-corrected chi connectivity index (χ0v) is 18.4. The molecule has 0 aliphatic carbocycles. The number of nitrogens with one attached hydrogen (secondary N) is 1. The van der Waals surface area contributed by atoms with Crippen molar-refractivity contribution in [2.75, 3.05) is 40.0 Å². The normalized spacial score (nSPS) is 15.7. The fraction of sp³-hybridized carbons (Fsp3) is 0.348. The Morgan fingerprint density at radius 3 is 2.59 bits per heavy atom. The smallest absolute Gasteiger partial charge is 0.387 e. The van der Waals surface area contributed by atoms with E-state index >= 15 is 0 Å². The van der Waals surface area contributed by atoms with Crippen LogP contribution in [-0.2, 0) is 9.53 Å². The topological polar surface area (TPSA) is 60.0 Å². The van der Waals surface area contributed by atoms with Crippen molar-refractivity contribution in [3.63, 3.8) is 0 Å². The number of hydrogen-bond donors (Lipinski definition) is 1. The molecule has 1 atom stereocenters. The van der Waals surface area contributed by atoms with Crippen molar-refractivity contribution in [2.45, 2.75) is 12.7 Å². The first-order chi connectivity index (χ1) is 15.5. The highest BCUT2D eigenvalue weighted by Crippen LogP contribution is 2.33. The van der Waals surface area contributed by atoms with Crippen LogP contribution in [-0.4, -0.2) is 57.4 Å². The number of alkyl halides is 2. The number of carbonyl (C=O) groups excluding carboxylic acids is 1. The first kappa shape index (κ1) is 24.0. The van der Waals surface area contributed by atoms with Crippen molar-refractivity contribution in [1.82, 2.24) is 10.2 Å². The lowest BCUT2D eigenvalue weighted by Crippen LogP contribution is -2.43. The molecule has 1 fully saturated rings. The van der Waals surface area contributed by atoms with Gasteiger partial charge in [-0.05, 0) is 29.8 Å². The molecule has 6 nitrogen and oxygen atoms in total. The van der Waals surface area contributed by atoms with Gasteiger partial charge in [-0.3, -0.25) is 9.69 Å². The van der Waals surface area contributed by atoms with Gasteiger partial charge in [-0.2, -0.15) is 8.78 Å². The lowest BCUT2D eigenvalue weighted by Gasteiger charge is -2.34. The van der Waals surface area contributed by atoms with Gasteiger partial charge in [-0.25, -0.2) is 0 Å². The Morgan fingerprint density at radius 1 is 1.22 bits per heavy atom. The number of methoxy groups -OCH3 is 1. The van der Waals surface area contributed by atoms with Crippen molar-refractivity contribution in [3.05, 3.63) is 64.7 Å². The predicted molar refractivity (Wildman–Crippen MR) is 118 cm³/mol. The number of carbonyl (C=O) groups is 1. The highest BCUT2D eigenvalue weighted by atomic mass is 35.5. The molecule has 1 saturated heterocycles. The lowest BCUT2D eigenvalue weighted by atomic mass is 10.0. The van der Waals surface area contributed by atoms with E-state index in [2.05, 4.69) is 15.0 Å². The van der Waals surface area contributed by atoms with Crippen LogP contribution in [0.3, 0.4) is 0 Å². The number of nitrogens with zero attached hydrogens (tertiary/aromatic N) is 1. The summed E-state index contributed by atoms with van der Waals surface area (Å²) in [5, 5.41) is 3.53. The number of halogens is 3. The molecule has 1 amide bonds. The van der Waals surface area contributed by atoms with E-state index in [1.807, 2.05) is 24.3 Å². The summed E-state index contributed by atoms with van der Waals surface area (Å²) in [7, 11) is 1.36. The Bertz CT molecular complexity index is 919. The number of hydrogen-bond acceptors (Lipinski definition) is 5. The van der Waals surface area contributed by atoms with Crippen LogP contribution in [0.15, 0.2) is 48.5 Å². The van der Waals surface area contributed by atoms with Gasteiger partial charge in [0.05, 0.1) is 26.4 Å². The largest absolute Gasteiger partial charge is 0.493 e. The minimum Gasteiger partial charge on any atom is -0.493 e. The van der Waals surface area contributed by atoms with E-state index in [0.29, 0.717) is 30.3 Å². The number of ether oxygens (including phenoxy) is 3. The van der Waals surface area contributed by atoms with Crippen molar-refractivity contribution in [1.29, 1.82) is 0 Å². The molecule has 1 aliphatic rings. The van der Waals surface area contributed by atoms with Crippen LogP contribution in [0, 0.1) is 0 Å². The summed E-state index contributed by atoms with van der Waals surface area (Å²) < 4.78 is 40.7. The van der Waals surface area contributed by atoms with Crippen LogP contribution >= 0.6 is 11.6 Å². The molecule has 3 rings (SSSR count). The fourth-order valence-electron chi connectivity index (χ4n) is 3.49. The second kappa shape index (κ2) is 11.8. The highest BCUT2D eigenvalue weighted by Gasteiger charge is 2.23. The van der Waals surface area contributed by atoms with Crippen LogP contribution < -0.4 is 14.8 Å². The molecule has 2 aromatic rings. The first-order valence-corrected chi connectivity index (χ1v) is 10.5. The van der Waals surface area contributed by atoms with Gasteiger partial charge in [0.2, 0.25) is 5.91 Å². The Labute approximate surface area is 190 Å². The molecule has 0 unspecified atom stereocenters. The fourth-order valence-corrected chi connectivity index (χ4v) is 3.62. The summed E-state index contributed by atoms with van der Waals surface area (Å²) in [5.74, 6) is -0.326. The average molecular weight is 467 g/mol. The van der Waals surface area contributed by atoms with E-state index in [0.717, 1.165) is 18.7 Å². The summed E-state index contributed by atoms with van der Waals surface area (Å²) in [6, 6.07) is 12.2. The minimum absolute atomic E-state index is 0.0527. The molecule has 1 aliphatic heterocycles. The number of rotatable bonds is 9. The van der Waals surface area contributed by atoms with Crippen LogP contribution in [0.2, 0.25) is 5.02 Å². The second-order valence-electron chi connectivity index (χ2n) is 7.05. The monoisotopic (exact) mass is 466 g/mol. The lowest BCUT2D eigenvalue weighted by molar-refractivity contribution is -0.116. The third-order valence-corrected chi connectivity index (χ3v) is 5.31. The summed E-state index contributed by atoms with van der Waals surface area (Å²) in [5.41, 5.74) is 1.34. The maximum Gasteiger partial charge on any atom is 0.387 e. The summed E-state index contributed by atoms with van der Waals surface area (Å²) >= 11 is 6.02. The molecule has 0 bridgehead atoms. The number of para-hydroxylation sites is 1. The molecule has 172 valence electrons. The SMILES string of the molecule is COc1cccc(/C=C/C(=O)NC[C@@H](c2ccc(Cl)cc2)N2CCOCC2)c1OC(F)F. The molecule has 9 heteroatoms. The number of amides is 1. The Kier molecular flexibility index (Phi) is 8.84. The Balaban J connectivity index is 1.70. The van der Waals surface area contributed by atoms with Gasteiger partial charge in [0, 0.05) is 36.3 Å². The van der Waals surface area contributed by atoms with E-state index in [1.165, 1.54) is 25.3 Å². The van der Waals surface area contributed by atoms with Crippen LogP contribution in [0.4, 0.5) is 8.78 Å². The third-order valence-electron chi connectivity index (χ3n) is 5.06. The summed E-state index contributed by atoms with van der Waals surface area (Å²) in [4.78, 5) is 14.7. The second-order valence-corrected chi connectivity index (χ2v) is 7.49. The molecule has 2 aromatic carbocycles. The van der Waals surface area contributed by atoms with Crippen LogP contribution in [0.5, 0.6) is 11.5 Å². The zero-order valence-electron chi connectivity index (χ0n) is 17.6. The minimum atomic E-state index is -3.01. The van der Waals surface area contributed by atoms with E-state index in [4.69, 9.17) is 21.1 Å². The van der Waals surface area contributed by atoms with Gasteiger partial charge in [-0.1, -0.05) is 35.9 Å². The molecule has 0 aromatic heterocycles. The van der Waals surface area contributed by atoms with Gasteiger partial charge < -0.3 is 19.5 Å². The van der Waals surface area contributed by atoms with Gasteiger partial charge >= 0.3 is 6.61 Å². The number of benzene rings is 2. The van der Waals surface area contributed by atoms with Gasteiger partial charge in [0.15, 0.2) is 11.5 Å². The van der Waals surface area contributed by atoms with Crippen molar-refractivity contribution < 1.29 is 27.8 Å². The average Bonchev–Trinajstić information content (AvgIpc) is 2.80. The molecule has 0 radical (unpaired) electrons. The van der Waals surface area contributed by atoms with Crippen molar-refractivity contribution in [2.24, 2.45) is 0 Å². The van der Waals surface area contributed by atoms with E-state index < -0.39 is 6.61 Å². The zero-order chi connectivity index (χ0) is 22.9. The standard InChI is InChI=1S/C23H25ClF2N2O4/c1-30-20-4-2-3-17(22(20)32-23(25)26)7-10-21(29)27-15-19(28-11-13-31-14-12-28)16-5-8-18(24)9-6-16/h2-10,19,23H,11-15H2,1H3,(H,27,29)/b10-7+/t19-/m0/s1. The van der Waals surface area contributed by atoms with E-state index in [9.17, 15) is 13.6 Å². The first-order valence-electron chi connectivity index (χ1n) is 10.1. The van der Waals surface area contributed by atoms with Crippen molar-refractivity contribution >= 4 is 23.6 Å². The third kappa shape index (κ3) is 6.66. The quantitative estimate of drug-likeness (QED) is 0.562. The molecule has 1 heterocycles. The molecule has 0 spiro atoms. The van der Waals surface area contributed by atoms with Gasteiger partial charge in [0.1, 0.15) is 0 Å². The summed E-state index contributed by atoms with van der Waals surface area (Å²) in [6.45, 7) is 0.0971. The van der Waals surface area contributed by atoms with Crippen molar-refractivity contribution in [3.8, 4) is 11.5 Å². The maximum absolute atomic E-state index is 12.8. The van der Waals surface area contributed by atoms with Crippen LogP contribution in [0.25, 0.3) is 6.08 Å². The Hall–Kier alpha value is -2.68. The van der Waals surface area contributed by atoms with Gasteiger partial charge in [0.25, 0.3) is 0 Å². The molecule has 32 heavy (non-hydrogen) atoms. The molecular formula is C23H25ClF2N2O4. The predicted octanol–water partition coefficient (Wildman–Crippen LogP) is 4.15. The van der Waals surface area contributed by atoms with E-state index in [1.54, 1.807) is 12.1 Å².